The summed E-state index contributed by atoms with van der Waals surface area (Å²) in [4.78, 5) is 12.5. The van der Waals surface area contributed by atoms with Gasteiger partial charge >= 0.3 is 0 Å². The number of rotatable bonds is 4. The topological polar surface area (TPSA) is 20.3 Å². The predicted molar refractivity (Wildman–Crippen MR) is 49.1 cm³/mol. The van der Waals surface area contributed by atoms with Crippen LogP contribution in [0.1, 0.15) is 12.8 Å². The summed E-state index contributed by atoms with van der Waals surface area (Å²) in [6.07, 6.45) is 2.77. The number of unbranched alkanes of at least 4 members (excludes halogenated alkanes) is 1. The Morgan fingerprint density at radius 2 is 2.09 bits per heavy atom. The maximum absolute atomic E-state index is 10.0. The zero-order valence-electron chi connectivity index (χ0n) is 6.79. The van der Waals surface area contributed by atoms with Gasteiger partial charge < -0.3 is 9.69 Å². The van der Waals surface area contributed by atoms with Crippen molar-refractivity contribution in [3.63, 3.8) is 0 Å². The number of hydrogen-bond donors (Lipinski definition) is 0. The quantitative estimate of drug-likeness (QED) is 0.467. The molecule has 0 atom stereocenters. The highest BCUT2D eigenvalue weighted by Gasteiger charge is 2.08. The Morgan fingerprint density at radius 1 is 1.36 bits per heavy atom. The molecule has 2 nitrogen and oxygen atoms in total. The number of carbonyl (C=O) groups is 1. The predicted octanol–water partition coefficient (Wildman–Crippen LogP) is 1.01. The molecule has 1 rings (SSSR count). The third-order valence-electron chi connectivity index (χ3n) is 1.90. The van der Waals surface area contributed by atoms with Crippen LogP contribution in [0.5, 0.6) is 0 Å². The summed E-state index contributed by atoms with van der Waals surface area (Å²) in [5, 5.41) is 0. The Kier molecular flexibility index (Phi) is 4.62. The summed E-state index contributed by atoms with van der Waals surface area (Å²) in [5.41, 5.74) is 0. The van der Waals surface area contributed by atoms with Crippen molar-refractivity contribution in [2.24, 2.45) is 0 Å². The van der Waals surface area contributed by atoms with Gasteiger partial charge in [-0.2, -0.15) is 11.8 Å². The summed E-state index contributed by atoms with van der Waals surface area (Å²) < 4.78 is 0. The van der Waals surface area contributed by atoms with Crippen LogP contribution >= 0.6 is 11.8 Å². The number of aldehydes is 1. The van der Waals surface area contributed by atoms with Crippen LogP contribution in [0, 0.1) is 0 Å². The average Bonchev–Trinajstić information content (AvgIpc) is 2.07. The van der Waals surface area contributed by atoms with Crippen LogP contribution in [-0.4, -0.2) is 42.3 Å². The van der Waals surface area contributed by atoms with E-state index in [1.807, 2.05) is 11.8 Å². The standard InChI is InChI=1S/C8H15NOS/c10-6-2-1-3-9-4-7-11-8-5-9/h6H,1-5,7-8H2. The molecule has 0 radical (unpaired) electrons. The van der Waals surface area contributed by atoms with Gasteiger partial charge in [0.25, 0.3) is 0 Å². The van der Waals surface area contributed by atoms with Gasteiger partial charge in [-0.05, 0) is 13.0 Å². The zero-order chi connectivity index (χ0) is 7.94. The molecule has 0 aliphatic carbocycles. The van der Waals surface area contributed by atoms with E-state index in [4.69, 9.17) is 0 Å². The van der Waals surface area contributed by atoms with Crippen molar-refractivity contribution in [1.29, 1.82) is 0 Å². The third kappa shape index (κ3) is 3.77. The highest BCUT2D eigenvalue weighted by Crippen LogP contribution is 2.09. The first-order valence-corrected chi connectivity index (χ1v) is 5.32. The highest BCUT2D eigenvalue weighted by molar-refractivity contribution is 7.99. The van der Waals surface area contributed by atoms with Crippen molar-refractivity contribution in [2.75, 3.05) is 31.1 Å². The van der Waals surface area contributed by atoms with E-state index in [1.54, 1.807) is 0 Å². The Bertz CT molecular complexity index is 113. The molecule has 0 saturated carbocycles. The second-order valence-electron chi connectivity index (χ2n) is 2.76. The van der Waals surface area contributed by atoms with Crippen molar-refractivity contribution in [3.05, 3.63) is 0 Å². The van der Waals surface area contributed by atoms with Crippen LogP contribution < -0.4 is 0 Å². The smallest absolute Gasteiger partial charge is 0.120 e. The molecular formula is C8H15NOS. The minimum absolute atomic E-state index is 0.726. The Labute approximate surface area is 72.3 Å². The fraction of sp³-hybridized carbons (Fsp3) is 0.875. The van der Waals surface area contributed by atoms with Crippen LogP contribution in [0.15, 0.2) is 0 Å². The van der Waals surface area contributed by atoms with E-state index in [9.17, 15) is 4.79 Å². The molecule has 0 aromatic heterocycles. The van der Waals surface area contributed by atoms with Gasteiger partial charge in [0, 0.05) is 31.0 Å². The SMILES string of the molecule is O=CCCCN1CCSCC1. The van der Waals surface area contributed by atoms with Crippen molar-refractivity contribution in [1.82, 2.24) is 4.90 Å². The molecule has 11 heavy (non-hydrogen) atoms. The summed E-state index contributed by atoms with van der Waals surface area (Å²) in [6, 6.07) is 0. The van der Waals surface area contributed by atoms with Crippen molar-refractivity contribution < 1.29 is 4.79 Å². The summed E-state index contributed by atoms with van der Waals surface area (Å²) in [7, 11) is 0. The first kappa shape index (κ1) is 9.07. The second kappa shape index (κ2) is 5.61. The lowest BCUT2D eigenvalue weighted by Gasteiger charge is -2.25. The molecule has 0 spiro atoms. The van der Waals surface area contributed by atoms with E-state index in [0.717, 1.165) is 25.7 Å². The summed E-state index contributed by atoms with van der Waals surface area (Å²) in [5.74, 6) is 2.53. The monoisotopic (exact) mass is 173 g/mol. The molecule has 0 amide bonds. The average molecular weight is 173 g/mol. The van der Waals surface area contributed by atoms with Crippen LogP contribution in [0.25, 0.3) is 0 Å². The minimum Gasteiger partial charge on any atom is -0.303 e. The van der Waals surface area contributed by atoms with Gasteiger partial charge in [-0.3, -0.25) is 0 Å². The largest absolute Gasteiger partial charge is 0.303 e. The van der Waals surface area contributed by atoms with E-state index in [1.165, 1.54) is 24.6 Å². The Balaban J connectivity index is 2.00. The molecule has 1 aliphatic heterocycles. The molecule has 64 valence electrons. The number of hydrogen-bond acceptors (Lipinski definition) is 3. The fourth-order valence-corrected chi connectivity index (χ4v) is 2.20. The van der Waals surface area contributed by atoms with Crippen molar-refractivity contribution >= 4 is 18.0 Å². The Morgan fingerprint density at radius 3 is 2.73 bits per heavy atom. The maximum Gasteiger partial charge on any atom is 0.120 e. The van der Waals surface area contributed by atoms with Crippen LogP contribution in [0.2, 0.25) is 0 Å². The molecule has 1 saturated heterocycles. The van der Waals surface area contributed by atoms with Gasteiger partial charge in [-0.15, -0.1) is 0 Å². The number of carbonyl (C=O) groups excluding carboxylic acids is 1. The van der Waals surface area contributed by atoms with Crippen LogP contribution in [0.4, 0.5) is 0 Å². The van der Waals surface area contributed by atoms with Gasteiger partial charge in [0.05, 0.1) is 0 Å². The van der Waals surface area contributed by atoms with E-state index in [2.05, 4.69) is 4.90 Å². The second-order valence-corrected chi connectivity index (χ2v) is 3.99. The lowest BCUT2D eigenvalue weighted by molar-refractivity contribution is -0.108. The molecule has 1 aliphatic rings. The Hall–Kier alpha value is -0.0200. The molecule has 0 N–H and O–H groups in total. The maximum atomic E-state index is 10.0. The van der Waals surface area contributed by atoms with Crippen molar-refractivity contribution in [3.8, 4) is 0 Å². The first-order chi connectivity index (χ1) is 5.43. The molecule has 0 aromatic carbocycles. The molecule has 0 bridgehead atoms. The van der Waals surface area contributed by atoms with Gasteiger partial charge in [-0.25, -0.2) is 0 Å². The van der Waals surface area contributed by atoms with Crippen molar-refractivity contribution in [2.45, 2.75) is 12.8 Å². The normalized spacial score (nSPS) is 20.0. The minimum atomic E-state index is 0.726. The number of thioether (sulfide) groups is 1. The van der Waals surface area contributed by atoms with Gasteiger partial charge in [0.1, 0.15) is 6.29 Å². The molecular weight excluding hydrogens is 158 g/mol. The lowest BCUT2D eigenvalue weighted by atomic mass is 10.3. The van der Waals surface area contributed by atoms with Gasteiger partial charge in [0.15, 0.2) is 0 Å². The number of nitrogens with zero attached hydrogens (tertiary/aromatic N) is 1. The van der Waals surface area contributed by atoms with E-state index in [0.29, 0.717) is 0 Å². The zero-order valence-corrected chi connectivity index (χ0v) is 7.61. The third-order valence-corrected chi connectivity index (χ3v) is 2.84. The molecule has 1 fully saturated rings. The van der Waals surface area contributed by atoms with Gasteiger partial charge in [-0.1, -0.05) is 0 Å². The summed E-state index contributed by atoms with van der Waals surface area (Å²) in [6.45, 7) is 3.53. The first-order valence-electron chi connectivity index (χ1n) is 4.17. The van der Waals surface area contributed by atoms with E-state index >= 15 is 0 Å². The fourth-order valence-electron chi connectivity index (χ4n) is 1.22. The molecule has 3 heteroatoms. The van der Waals surface area contributed by atoms with E-state index < -0.39 is 0 Å². The van der Waals surface area contributed by atoms with Gasteiger partial charge in [0.2, 0.25) is 0 Å². The lowest BCUT2D eigenvalue weighted by Crippen LogP contribution is -2.33. The van der Waals surface area contributed by atoms with Crippen LogP contribution in [0.3, 0.4) is 0 Å². The van der Waals surface area contributed by atoms with E-state index in [-0.39, 0.29) is 0 Å². The molecule has 0 unspecified atom stereocenters. The molecule has 0 aromatic rings. The van der Waals surface area contributed by atoms with Crippen LogP contribution in [-0.2, 0) is 4.79 Å². The summed E-state index contributed by atoms with van der Waals surface area (Å²) >= 11 is 2.03. The highest BCUT2D eigenvalue weighted by atomic mass is 32.2. The molecule has 1 heterocycles.